The molecule has 1 aliphatic heterocycles. The maximum atomic E-state index is 13.6. The van der Waals surface area contributed by atoms with Gasteiger partial charge in [-0.2, -0.15) is 0 Å². The van der Waals surface area contributed by atoms with Crippen molar-refractivity contribution >= 4 is 23.2 Å². The van der Waals surface area contributed by atoms with Crippen molar-refractivity contribution in [2.75, 3.05) is 6.61 Å². The molecule has 2 aliphatic carbocycles. The molecule has 2 aromatic carbocycles. The van der Waals surface area contributed by atoms with Crippen LogP contribution in [0.25, 0.3) is 5.57 Å². The van der Waals surface area contributed by atoms with Crippen molar-refractivity contribution in [1.82, 2.24) is 5.32 Å². The monoisotopic (exact) mass is 687 g/mol. The van der Waals surface area contributed by atoms with Crippen LogP contribution in [-0.2, 0) is 25.5 Å². The van der Waals surface area contributed by atoms with Gasteiger partial charge in [-0.25, -0.2) is 17.6 Å². The molecule has 0 radical (unpaired) electrons. The lowest BCUT2D eigenvalue weighted by atomic mass is 9.69. The number of esters is 1. The molecule has 0 saturated heterocycles. The summed E-state index contributed by atoms with van der Waals surface area (Å²) in [7, 11) is 0. The maximum Gasteiger partial charge on any atom is 0.312 e. The van der Waals surface area contributed by atoms with Crippen LogP contribution in [0.5, 0.6) is 0 Å². The smallest absolute Gasteiger partial charge is 0.312 e. The number of halogens is 4. The average molecular weight is 688 g/mol. The molecule has 2 aromatic rings. The summed E-state index contributed by atoms with van der Waals surface area (Å²) in [4.78, 5) is 37.7. The number of hydrogen-bond acceptors (Lipinski definition) is 5. The van der Waals surface area contributed by atoms with Gasteiger partial charge in [-0.3, -0.25) is 14.4 Å². The highest BCUT2D eigenvalue weighted by atomic mass is 19.3. The second-order valence-corrected chi connectivity index (χ2v) is 14.5. The van der Waals surface area contributed by atoms with Gasteiger partial charge in [-0.15, -0.1) is 0 Å². The molecule has 5 rings (SSSR count). The summed E-state index contributed by atoms with van der Waals surface area (Å²) in [6.45, 7) is 13.5. The second-order valence-electron chi connectivity index (χ2n) is 14.5. The molecule has 3 aliphatic rings. The van der Waals surface area contributed by atoms with Crippen molar-refractivity contribution in [3.8, 4) is 0 Å². The Kier molecular flexibility index (Phi) is 11.1. The number of ether oxygens (including phenoxy) is 1. The Bertz CT molecular complexity index is 1590. The molecule has 1 heterocycles. The Morgan fingerprint density at radius 1 is 0.755 bits per heavy atom. The number of aliphatic hydroxyl groups is 1. The lowest BCUT2D eigenvalue weighted by Gasteiger charge is -2.37. The summed E-state index contributed by atoms with van der Waals surface area (Å²) in [6.07, 6.45) is -1.09. The highest BCUT2D eigenvalue weighted by Crippen LogP contribution is 2.48. The fraction of sp³-hybridized carbons (Fsp3) is 0.564. The van der Waals surface area contributed by atoms with E-state index in [9.17, 15) is 37.1 Å². The number of carbonyl (C=O) groups is 3. The van der Waals surface area contributed by atoms with Crippen LogP contribution < -0.4 is 5.32 Å². The summed E-state index contributed by atoms with van der Waals surface area (Å²) in [5, 5.41) is 13.5. The zero-order valence-electron chi connectivity index (χ0n) is 29.7. The third kappa shape index (κ3) is 8.38. The topological polar surface area (TPSA) is 92.7 Å². The standard InChI is InChI=1S/C21H28F2O3.C18H21F2NO2/c1-5-26-19(25)20(6-8-21(22,23)9-7-20)13-17(24)12-18-15(3)10-14(2)11-16(18)4;1-10-8-11(2)13(12(3)9-10)14-15(22)17(21-16(14)23)4-6-18(19,20)7-5-17/h10-11H,5-9,12-13H2,1-4H3;8-9,22H,4-7H2,1-3H3,(H,21,23). The van der Waals surface area contributed by atoms with Gasteiger partial charge in [0.1, 0.15) is 11.5 Å². The van der Waals surface area contributed by atoms with Gasteiger partial charge < -0.3 is 15.2 Å². The van der Waals surface area contributed by atoms with E-state index in [1.54, 1.807) is 6.92 Å². The minimum absolute atomic E-state index is 0.00354. The van der Waals surface area contributed by atoms with E-state index in [0.717, 1.165) is 38.9 Å². The van der Waals surface area contributed by atoms with Gasteiger partial charge in [0.15, 0.2) is 0 Å². The molecule has 49 heavy (non-hydrogen) atoms. The van der Waals surface area contributed by atoms with E-state index in [1.165, 1.54) is 0 Å². The summed E-state index contributed by atoms with van der Waals surface area (Å²) in [5.41, 5.74) is 5.86. The number of carbonyl (C=O) groups excluding carboxylic acids is 3. The molecule has 6 nitrogen and oxygen atoms in total. The molecule has 2 fully saturated rings. The number of aryl methyl sites for hydroxylation is 6. The summed E-state index contributed by atoms with van der Waals surface area (Å²) < 4.78 is 59.2. The van der Waals surface area contributed by atoms with Crippen molar-refractivity contribution in [1.29, 1.82) is 0 Å². The number of rotatable bonds is 7. The first-order valence-corrected chi connectivity index (χ1v) is 17.1. The molecule has 2 N–H and O–H groups in total. The van der Waals surface area contributed by atoms with E-state index in [4.69, 9.17) is 4.74 Å². The molecule has 0 unspecified atom stereocenters. The van der Waals surface area contributed by atoms with Gasteiger partial charge in [0.2, 0.25) is 11.8 Å². The van der Waals surface area contributed by atoms with Crippen molar-refractivity contribution in [2.45, 2.75) is 130 Å². The van der Waals surface area contributed by atoms with Crippen LogP contribution >= 0.6 is 0 Å². The van der Waals surface area contributed by atoms with E-state index >= 15 is 0 Å². The number of amides is 1. The van der Waals surface area contributed by atoms with E-state index in [0.29, 0.717) is 5.56 Å². The molecular weight excluding hydrogens is 638 g/mol. The third-order valence-corrected chi connectivity index (χ3v) is 10.4. The lowest BCUT2D eigenvalue weighted by molar-refractivity contribution is -0.165. The van der Waals surface area contributed by atoms with E-state index in [1.807, 2.05) is 65.8 Å². The SMILES string of the molecule is CCOC(=O)C1(CC(=O)Cc2c(C)cc(C)cc2C)CCC(F)(F)CC1.Cc1cc(C)c(C2=C(O)C3(CCC(F)(F)CC3)NC2=O)c(C)c1. The van der Waals surface area contributed by atoms with Crippen LogP contribution in [0.1, 0.15) is 109 Å². The summed E-state index contributed by atoms with van der Waals surface area (Å²) in [6, 6.07) is 7.96. The number of hydrogen-bond donors (Lipinski definition) is 2. The first-order valence-electron chi connectivity index (χ1n) is 17.1. The predicted molar refractivity (Wildman–Crippen MR) is 181 cm³/mol. The predicted octanol–water partition coefficient (Wildman–Crippen LogP) is 8.83. The zero-order chi connectivity index (χ0) is 36.5. The summed E-state index contributed by atoms with van der Waals surface area (Å²) in [5.74, 6) is -6.53. The molecule has 0 bridgehead atoms. The Morgan fingerprint density at radius 2 is 1.20 bits per heavy atom. The number of nitrogens with one attached hydrogen (secondary N) is 1. The van der Waals surface area contributed by atoms with Crippen LogP contribution in [-0.4, -0.2) is 46.8 Å². The normalized spacial score (nSPS) is 20.3. The minimum atomic E-state index is -2.76. The van der Waals surface area contributed by atoms with Gasteiger partial charge in [0, 0.05) is 38.5 Å². The number of alkyl halides is 4. The van der Waals surface area contributed by atoms with Gasteiger partial charge in [-0.1, -0.05) is 35.4 Å². The molecule has 268 valence electrons. The number of Topliss-reactive ketones (excluding diaryl/α,β-unsaturated/α-hetero) is 1. The zero-order valence-corrected chi connectivity index (χ0v) is 29.7. The molecular formula is C39H49F4NO5. The van der Waals surface area contributed by atoms with E-state index < -0.39 is 28.8 Å². The fourth-order valence-corrected chi connectivity index (χ4v) is 7.85. The van der Waals surface area contributed by atoms with Gasteiger partial charge in [0.25, 0.3) is 5.91 Å². The molecule has 0 aromatic heterocycles. The van der Waals surface area contributed by atoms with Crippen LogP contribution in [0.15, 0.2) is 30.0 Å². The molecule has 1 amide bonds. The average Bonchev–Trinajstić information content (AvgIpc) is 3.22. The van der Waals surface area contributed by atoms with Crippen molar-refractivity contribution < 1.29 is 41.8 Å². The van der Waals surface area contributed by atoms with Crippen molar-refractivity contribution in [3.05, 3.63) is 74.5 Å². The van der Waals surface area contributed by atoms with E-state index in [2.05, 4.69) is 5.32 Å². The number of ketones is 1. The first-order chi connectivity index (χ1) is 22.7. The fourth-order valence-electron chi connectivity index (χ4n) is 7.85. The second kappa shape index (κ2) is 14.3. The van der Waals surface area contributed by atoms with Crippen LogP contribution in [0.4, 0.5) is 17.6 Å². The molecule has 0 atom stereocenters. The Balaban J connectivity index is 0.000000222. The lowest BCUT2D eigenvalue weighted by Crippen LogP contribution is -2.49. The highest BCUT2D eigenvalue weighted by Gasteiger charge is 2.52. The third-order valence-electron chi connectivity index (χ3n) is 10.4. The maximum absolute atomic E-state index is 13.6. The quantitative estimate of drug-likeness (QED) is 0.224. The van der Waals surface area contributed by atoms with Gasteiger partial charge in [-0.05, 0) is 108 Å². The summed E-state index contributed by atoms with van der Waals surface area (Å²) >= 11 is 0. The van der Waals surface area contributed by atoms with Crippen molar-refractivity contribution in [2.24, 2.45) is 5.41 Å². The number of aliphatic hydroxyl groups excluding tert-OH is 1. The molecule has 2 saturated carbocycles. The molecule has 10 heteroatoms. The largest absolute Gasteiger partial charge is 0.509 e. The van der Waals surface area contributed by atoms with E-state index in [-0.39, 0.29) is 93.8 Å². The molecule has 1 spiro atoms. The first kappa shape index (κ1) is 38.1. The highest BCUT2D eigenvalue weighted by molar-refractivity contribution is 6.24. The number of benzene rings is 2. The Hall–Kier alpha value is -3.69. The van der Waals surface area contributed by atoms with Crippen LogP contribution in [0, 0.1) is 47.0 Å². The van der Waals surface area contributed by atoms with Crippen LogP contribution in [0.2, 0.25) is 0 Å². The van der Waals surface area contributed by atoms with Gasteiger partial charge >= 0.3 is 5.97 Å². The minimum Gasteiger partial charge on any atom is -0.509 e. The Labute approximate surface area is 286 Å². The van der Waals surface area contributed by atoms with Crippen molar-refractivity contribution in [3.63, 3.8) is 0 Å². The van der Waals surface area contributed by atoms with Crippen LogP contribution in [0.3, 0.4) is 0 Å². The Morgan fingerprint density at radius 3 is 1.67 bits per heavy atom. The van der Waals surface area contributed by atoms with Gasteiger partial charge in [0.05, 0.1) is 23.1 Å².